The molecule has 1 aromatic carbocycles. The van der Waals surface area contributed by atoms with Gasteiger partial charge in [-0.25, -0.2) is 0 Å². The molecule has 1 atom stereocenters. The van der Waals surface area contributed by atoms with Crippen LogP contribution in [0.15, 0.2) is 24.3 Å². The summed E-state index contributed by atoms with van der Waals surface area (Å²) in [6.07, 6.45) is 1.59. The molecule has 2 aliphatic rings. The minimum atomic E-state index is -0.242. The molecule has 1 unspecified atom stereocenters. The molecule has 0 radical (unpaired) electrons. The molecule has 142 valence electrons. The Hall–Kier alpha value is -1.63. The lowest BCUT2D eigenvalue weighted by Crippen LogP contribution is -2.50. The summed E-state index contributed by atoms with van der Waals surface area (Å²) in [5.41, 5.74) is 0.701. The van der Waals surface area contributed by atoms with E-state index in [0.717, 1.165) is 25.9 Å². The first-order valence-corrected chi connectivity index (χ1v) is 9.59. The zero-order valence-corrected chi connectivity index (χ0v) is 15.9. The van der Waals surface area contributed by atoms with Crippen molar-refractivity contribution in [2.45, 2.75) is 25.8 Å². The van der Waals surface area contributed by atoms with Gasteiger partial charge in [0.1, 0.15) is 0 Å². The molecule has 0 spiro atoms. The molecule has 26 heavy (non-hydrogen) atoms. The minimum Gasteiger partial charge on any atom is -0.378 e. The summed E-state index contributed by atoms with van der Waals surface area (Å²) in [4.78, 5) is 29.2. The number of carbonyl (C=O) groups is 2. The zero-order valence-electron chi connectivity index (χ0n) is 15.1. The predicted molar refractivity (Wildman–Crippen MR) is 101 cm³/mol. The number of rotatable bonds is 4. The number of morpholine rings is 1. The molecule has 6 nitrogen and oxygen atoms in total. The Morgan fingerprint density at radius 3 is 2.54 bits per heavy atom. The third-order valence-electron chi connectivity index (χ3n) is 5.22. The quantitative estimate of drug-likeness (QED) is 0.871. The third-order valence-corrected chi connectivity index (χ3v) is 5.46. The fraction of sp³-hybridized carbons (Fsp3) is 0.579. The fourth-order valence-corrected chi connectivity index (χ4v) is 3.74. The van der Waals surface area contributed by atoms with Crippen LogP contribution in [-0.4, -0.2) is 67.0 Å². The SMILES string of the molecule is CC(C(=O)Nc1cccc(Cl)c1)N1CCC(C(=O)N2CCOCC2)CC1. The number of anilines is 1. The van der Waals surface area contributed by atoms with Crippen LogP contribution in [0.25, 0.3) is 0 Å². The van der Waals surface area contributed by atoms with Gasteiger partial charge in [-0.15, -0.1) is 0 Å². The minimum absolute atomic E-state index is 0.0507. The molecule has 1 N–H and O–H groups in total. The molecule has 3 rings (SSSR count). The predicted octanol–water partition coefficient (Wildman–Crippen LogP) is 2.24. The highest BCUT2D eigenvalue weighted by atomic mass is 35.5. The number of hydrogen-bond donors (Lipinski definition) is 1. The lowest BCUT2D eigenvalue weighted by molar-refractivity contribution is -0.141. The molecule has 2 amide bonds. The number of halogens is 1. The summed E-state index contributed by atoms with van der Waals surface area (Å²) in [6.45, 7) is 6.06. The molecular formula is C19H26ClN3O3. The number of hydrogen-bond acceptors (Lipinski definition) is 4. The second-order valence-corrected chi connectivity index (χ2v) is 7.36. The first-order chi connectivity index (χ1) is 12.5. The molecule has 7 heteroatoms. The Kier molecular flexibility index (Phi) is 6.51. The summed E-state index contributed by atoms with van der Waals surface area (Å²) in [5, 5.41) is 3.51. The van der Waals surface area contributed by atoms with Crippen molar-refractivity contribution in [2.24, 2.45) is 5.92 Å². The molecule has 0 aromatic heterocycles. The van der Waals surface area contributed by atoms with Crippen molar-refractivity contribution in [3.05, 3.63) is 29.3 Å². The Morgan fingerprint density at radius 1 is 1.19 bits per heavy atom. The summed E-state index contributed by atoms with van der Waals surface area (Å²) in [5.74, 6) is 0.252. The van der Waals surface area contributed by atoms with Crippen molar-refractivity contribution in [3.8, 4) is 0 Å². The van der Waals surface area contributed by atoms with E-state index in [0.29, 0.717) is 37.0 Å². The van der Waals surface area contributed by atoms with Gasteiger partial charge in [-0.2, -0.15) is 0 Å². The van der Waals surface area contributed by atoms with Gasteiger partial charge in [0, 0.05) is 29.7 Å². The van der Waals surface area contributed by atoms with E-state index in [9.17, 15) is 9.59 Å². The largest absolute Gasteiger partial charge is 0.378 e. The van der Waals surface area contributed by atoms with Crippen molar-refractivity contribution < 1.29 is 14.3 Å². The molecule has 2 heterocycles. The lowest BCUT2D eigenvalue weighted by atomic mass is 9.94. The van der Waals surface area contributed by atoms with Crippen molar-refractivity contribution in [1.82, 2.24) is 9.80 Å². The van der Waals surface area contributed by atoms with Crippen LogP contribution < -0.4 is 5.32 Å². The number of nitrogens with one attached hydrogen (secondary N) is 1. The van der Waals surface area contributed by atoms with E-state index < -0.39 is 0 Å². The van der Waals surface area contributed by atoms with Crippen LogP contribution in [0.3, 0.4) is 0 Å². The Bertz CT molecular complexity index is 641. The fourth-order valence-electron chi connectivity index (χ4n) is 3.55. The van der Waals surface area contributed by atoms with Crippen molar-refractivity contribution >= 4 is 29.1 Å². The van der Waals surface area contributed by atoms with Gasteiger partial charge in [0.2, 0.25) is 11.8 Å². The van der Waals surface area contributed by atoms with Crippen LogP contribution in [0.2, 0.25) is 5.02 Å². The maximum Gasteiger partial charge on any atom is 0.241 e. The van der Waals surface area contributed by atoms with Gasteiger partial charge in [0.15, 0.2) is 0 Å². The van der Waals surface area contributed by atoms with Crippen molar-refractivity contribution in [2.75, 3.05) is 44.7 Å². The number of piperidine rings is 1. The highest BCUT2D eigenvalue weighted by Gasteiger charge is 2.32. The molecule has 0 saturated carbocycles. The topological polar surface area (TPSA) is 61.9 Å². The standard InChI is InChI=1S/C19H26ClN3O3/c1-14(18(24)21-17-4-2-3-16(20)13-17)22-7-5-15(6-8-22)19(25)23-9-11-26-12-10-23/h2-4,13-15H,5-12H2,1H3,(H,21,24). The molecule has 2 aliphatic heterocycles. The number of carbonyl (C=O) groups excluding carboxylic acids is 2. The highest BCUT2D eigenvalue weighted by molar-refractivity contribution is 6.30. The summed E-state index contributed by atoms with van der Waals surface area (Å²) < 4.78 is 5.31. The van der Waals surface area contributed by atoms with E-state index in [1.165, 1.54) is 0 Å². The van der Waals surface area contributed by atoms with Gasteiger partial charge in [0.05, 0.1) is 19.3 Å². The van der Waals surface area contributed by atoms with E-state index in [4.69, 9.17) is 16.3 Å². The van der Waals surface area contributed by atoms with E-state index in [1.807, 2.05) is 24.0 Å². The lowest BCUT2D eigenvalue weighted by Gasteiger charge is -2.37. The summed E-state index contributed by atoms with van der Waals surface area (Å²) in [7, 11) is 0. The van der Waals surface area contributed by atoms with Gasteiger partial charge in [-0.3, -0.25) is 14.5 Å². The van der Waals surface area contributed by atoms with Crippen LogP contribution in [0.5, 0.6) is 0 Å². The smallest absolute Gasteiger partial charge is 0.241 e. The van der Waals surface area contributed by atoms with E-state index in [1.54, 1.807) is 12.1 Å². The Labute approximate surface area is 159 Å². The van der Waals surface area contributed by atoms with Gasteiger partial charge in [0.25, 0.3) is 0 Å². The monoisotopic (exact) mass is 379 g/mol. The van der Waals surface area contributed by atoms with Crippen LogP contribution in [0, 0.1) is 5.92 Å². The molecule has 0 aliphatic carbocycles. The van der Waals surface area contributed by atoms with Gasteiger partial charge >= 0.3 is 0 Å². The second-order valence-electron chi connectivity index (χ2n) is 6.92. The number of nitrogens with zero attached hydrogens (tertiary/aromatic N) is 2. The number of amides is 2. The number of ether oxygens (including phenoxy) is 1. The third kappa shape index (κ3) is 4.75. The second kappa shape index (κ2) is 8.84. The highest BCUT2D eigenvalue weighted by Crippen LogP contribution is 2.22. The number of benzene rings is 1. The van der Waals surface area contributed by atoms with Crippen molar-refractivity contribution in [1.29, 1.82) is 0 Å². The Balaban J connectivity index is 1.49. The zero-order chi connectivity index (χ0) is 18.5. The normalized spacial score (nSPS) is 20.6. The van der Waals surface area contributed by atoms with Crippen LogP contribution in [0.1, 0.15) is 19.8 Å². The average Bonchev–Trinajstić information content (AvgIpc) is 2.67. The van der Waals surface area contributed by atoms with Crippen LogP contribution in [-0.2, 0) is 14.3 Å². The first kappa shape index (κ1) is 19.1. The summed E-state index contributed by atoms with van der Waals surface area (Å²) in [6, 6.07) is 6.90. The van der Waals surface area contributed by atoms with Crippen LogP contribution in [0.4, 0.5) is 5.69 Å². The number of likely N-dealkylation sites (tertiary alicyclic amines) is 1. The molecule has 1 aromatic rings. The molecule has 2 fully saturated rings. The summed E-state index contributed by atoms with van der Waals surface area (Å²) >= 11 is 5.96. The average molecular weight is 380 g/mol. The van der Waals surface area contributed by atoms with Gasteiger partial charge < -0.3 is 15.0 Å². The van der Waals surface area contributed by atoms with E-state index >= 15 is 0 Å². The molecule has 0 bridgehead atoms. The first-order valence-electron chi connectivity index (χ1n) is 9.21. The van der Waals surface area contributed by atoms with E-state index in [2.05, 4.69) is 10.2 Å². The molecule has 2 saturated heterocycles. The van der Waals surface area contributed by atoms with E-state index in [-0.39, 0.29) is 23.8 Å². The maximum absolute atomic E-state index is 12.6. The molecular weight excluding hydrogens is 354 g/mol. The van der Waals surface area contributed by atoms with Crippen molar-refractivity contribution in [3.63, 3.8) is 0 Å². The van der Waals surface area contributed by atoms with Crippen LogP contribution >= 0.6 is 11.6 Å². The maximum atomic E-state index is 12.6. The Morgan fingerprint density at radius 2 is 1.88 bits per heavy atom. The van der Waals surface area contributed by atoms with Gasteiger partial charge in [-0.1, -0.05) is 17.7 Å². The van der Waals surface area contributed by atoms with Gasteiger partial charge in [-0.05, 0) is 51.1 Å².